The Morgan fingerprint density at radius 1 is 1.28 bits per heavy atom. The molecule has 1 heterocycles. The summed E-state index contributed by atoms with van der Waals surface area (Å²) in [5.41, 5.74) is 1.02. The lowest BCUT2D eigenvalue weighted by Crippen LogP contribution is -1.94. The number of rotatable bonds is 5. The lowest BCUT2D eigenvalue weighted by Gasteiger charge is -2.06. The predicted octanol–water partition coefficient (Wildman–Crippen LogP) is 4.13. The number of thioether (sulfide) groups is 1. The Bertz CT molecular complexity index is 519. The minimum atomic E-state index is -1.62. The number of halogens is 2. The molecular weight excluding hydrogens is 254 g/mol. The number of para-hydroxylation sites is 1. The molecule has 0 radical (unpaired) electrons. The second-order valence-electron chi connectivity index (χ2n) is 3.55. The molecule has 0 aliphatic rings. The average Bonchev–Trinajstić information content (AvgIpc) is 2.84. The first-order valence-electron chi connectivity index (χ1n) is 5.50. The zero-order valence-corrected chi connectivity index (χ0v) is 10.4. The lowest BCUT2D eigenvalue weighted by molar-refractivity contribution is 0.418. The SMILES string of the molecule is FC(F)=CCCSc1nccn1-c1ccccc1. The second-order valence-corrected chi connectivity index (χ2v) is 4.61. The quantitative estimate of drug-likeness (QED) is 0.598. The Balaban J connectivity index is 2.03. The van der Waals surface area contributed by atoms with Gasteiger partial charge in [-0.25, -0.2) is 4.98 Å². The molecular formula is C13H12F2N2S. The van der Waals surface area contributed by atoms with E-state index in [4.69, 9.17) is 0 Å². The highest BCUT2D eigenvalue weighted by Gasteiger charge is 2.04. The molecule has 1 aromatic heterocycles. The fourth-order valence-corrected chi connectivity index (χ4v) is 2.36. The zero-order valence-electron chi connectivity index (χ0n) is 9.59. The van der Waals surface area contributed by atoms with Gasteiger partial charge in [0.15, 0.2) is 5.16 Å². The number of benzene rings is 1. The van der Waals surface area contributed by atoms with Crippen LogP contribution < -0.4 is 0 Å². The molecule has 18 heavy (non-hydrogen) atoms. The van der Waals surface area contributed by atoms with Gasteiger partial charge in [0.05, 0.1) is 0 Å². The van der Waals surface area contributed by atoms with Crippen molar-refractivity contribution in [1.82, 2.24) is 9.55 Å². The maximum absolute atomic E-state index is 11.9. The summed E-state index contributed by atoms with van der Waals surface area (Å²) in [6.07, 6.45) is 3.23. The van der Waals surface area contributed by atoms with Crippen LogP contribution in [-0.4, -0.2) is 15.3 Å². The van der Waals surface area contributed by atoms with Crippen LogP contribution in [-0.2, 0) is 0 Å². The summed E-state index contributed by atoms with van der Waals surface area (Å²) in [6.45, 7) is 0. The van der Waals surface area contributed by atoms with Gasteiger partial charge in [0.1, 0.15) is 0 Å². The van der Waals surface area contributed by atoms with Crippen molar-refractivity contribution >= 4 is 11.8 Å². The number of imidazole rings is 1. The molecule has 0 unspecified atom stereocenters. The summed E-state index contributed by atoms with van der Waals surface area (Å²) >= 11 is 1.46. The number of nitrogens with zero attached hydrogens (tertiary/aromatic N) is 2. The number of allylic oxidation sites excluding steroid dienone is 1. The van der Waals surface area contributed by atoms with Crippen molar-refractivity contribution in [2.24, 2.45) is 0 Å². The van der Waals surface area contributed by atoms with Crippen molar-refractivity contribution in [1.29, 1.82) is 0 Å². The molecule has 1 aromatic carbocycles. The van der Waals surface area contributed by atoms with Crippen molar-refractivity contribution in [2.45, 2.75) is 11.6 Å². The van der Waals surface area contributed by atoms with E-state index in [1.165, 1.54) is 11.8 Å². The maximum atomic E-state index is 11.9. The highest BCUT2D eigenvalue weighted by atomic mass is 32.2. The van der Waals surface area contributed by atoms with Crippen LogP contribution in [0.1, 0.15) is 6.42 Å². The molecule has 5 heteroatoms. The topological polar surface area (TPSA) is 17.8 Å². The van der Waals surface area contributed by atoms with Crippen LogP contribution in [0.2, 0.25) is 0 Å². The van der Waals surface area contributed by atoms with Gasteiger partial charge in [0.2, 0.25) is 0 Å². The van der Waals surface area contributed by atoms with Crippen LogP contribution >= 0.6 is 11.8 Å². The molecule has 2 aromatic rings. The summed E-state index contributed by atoms with van der Waals surface area (Å²) < 4.78 is 25.7. The molecule has 0 N–H and O–H groups in total. The summed E-state index contributed by atoms with van der Waals surface area (Å²) in [5, 5.41) is 0.814. The standard InChI is InChI=1S/C13H12F2N2S/c14-12(15)7-4-10-18-13-16-8-9-17(13)11-5-2-1-3-6-11/h1-3,5-9H,4,10H2. The Labute approximate surface area is 108 Å². The molecule has 0 aliphatic heterocycles. The van der Waals surface area contributed by atoms with Gasteiger partial charge < -0.3 is 0 Å². The van der Waals surface area contributed by atoms with Gasteiger partial charge in [-0.3, -0.25) is 4.57 Å². The Morgan fingerprint density at radius 2 is 2.06 bits per heavy atom. The summed E-state index contributed by atoms with van der Waals surface area (Å²) in [6, 6.07) is 9.80. The Hall–Kier alpha value is -1.62. The van der Waals surface area contributed by atoms with Crippen molar-refractivity contribution in [3.8, 4) is 5.69 Å². The van der Waals surface area contributed by atoms with Crippen molar-refractivity contribution in [3.63, 3.8) is 0 Å². The number of hydrogen-bond acceptors (Lipinski definition) is 2. The highest BCUT2D eigenvalue weighted by molar-refractivity contribution is 7.99. The molecule has 0 spiro atoms. The Kier molecular flexibility index (Phi) is 4.52. The van der Waals surface area contributed by atoms with Gasteiger partial charge in [0.25, 0.3) is 6.08 Å². The number of hydrogen-bond donors (Lipinski definition) is 0. The van der Waals surface area contributed by atoms with Gasteiger partial charge in [-0.15, -0.1) is 0 Å². The predicted molar refractivity (Wildman–Crippen MR) is 69.2 cm³/mol. The molecule has 0 aliphatic carbocycles. The average molecular weight is 266 g/mol. The van der Waals surface area contributed by atoms with Crippen LogP contribution in [0.3, 0.4) is 0 Å². The maximum Gasteiger partial charge on any atom is 0.266 e. The first-order chi connectivity index (χ1) is 8.77. The minimum absolute atomic E-state index is 0.342. The third-order valence-electron chi connectivity index (χ3n) is 2.29. The van der Waals surface area contributed by atoms with Gasteiger partial charge in [0, 0.05) is 23.8 Å². The second kappa shape index (κ2) is 6.35. The van der Waals surface area contributed by atoms with Crippen LogP contribution in [0.25, 0.3) is 5.69 Å². The van der Waals surface area contributed by atoms with E-state index in [9.17, 15) is 8.78 Å². The van der Waals surface area contributed by atoms with Crippen LogP contribution in [0, 0.1) is 0 Å². The van der Waals surface area contributed by atoms with Crippen molar-refractivity contribution < 1.29 is 8.78 Å². The first-order valence-corrected chi connectivity index (χ1v) is 6.48. The molecule has 0 bridgehead atoms. The molecule has 2 nitrogen and oxygen atoms in total. The summed E-state index contributed by atoms with van der Waals surface area (Å²) in [4.78, 5) is 4.23. The van der Waals surface area contributed by atoms with Gasteiger partial charge in [-0.05, 0) is 24.6 Å². The summed E-state index contributed by atoms with van der Waals surface area (Å²) in [7, 11) is 0. The lowest BCUT2D eigenvalue weighted by atomic mass is 10.3. The smallest absolute Gasteiger partial charge is 0.266 e. The molecule has 0 saturated carbocycles. The van der Waals surface area contributed by atoms with Crippen molar-refractivity contribution in [2.75, 3.05) is 5.75 Å². The van der Waals surface area contributed by atoms with Gasteiger partial charge >= 0.3 is 0 Å². The third-order valence-corrected chi connectivity index (χ3v) is 3.29. The van der Waals surface area contributed by atoms with E-state index in [-0.39, 0.29) is 0 Å². The molecule has 0 saturated heterocycles. The van der Waals surface area contributed by atoms with E-state index < -0.39 is 6.08 Å². The van der Waals surface area contributed by atoms with E-state index in [0.717, 1.165) is 16.9 Å². The zero-order chi connectivity index (χ0) is 12.8. The minimum Gasteiger partial charge on any atom is -0.295 e. The monoisotopic (exact) mass is 266 g/mol. The van der Waals surface area contributed by atoms with Gasteiger partial charge in [-0.1, -0.05) is 30.0 Å². The van der Waals surface area contributed by atoms with Gasteiger partial charge in [-0.2, -0.15) is 8.78 Å². The third kappa shape index (κ3) is 3.43. The summed E-state index contributed by atoms with van der Waals surface area (Å²) in [5.74, 6) is 0.585. The van der Waals surface area contributed by atoms with E-state index in [2.05, 4.69) is 4.98 Å². The van der Waals surface area contributed by atoms with Crippen LogP contribution in [0.5, 0.6) is 0 Å². The fourth-order valence-electron chi connectivity index (χ4n) is 1.50. The molecule has 94 valence electrons. The first kappa shape index (κ1) is 12.8. The molecule has 0 fully saturated rings. The highest BCUT2D eigenvalue weighted by Crippen LogP contribution is 2.21. The molecule has 2 rings (SSSR count). The van der Waals surface area contributed by atoms with Crippen LogP contribution in [0.15, 0.2) is 60.0 Å². The van der Waals surface area contributed by atoms with E-state index in [0.29, 0.717) is 12.2 Å². The van der Waals surface area contributed by atoms with E-state index in [1.54, 1.807) is 6.20 Å². The number of aromatic nitrogens is 2. The van der Waals surface area contributed by atoms with E-state index in [1.807, 2.05) is 41.1 Å². The molecule has 0 atom stereocenters. The normalized spacial score (nSPS) is 10.3. The molecule has 0 amide bonds. The van der Waals surface area contributed by atoms with Crippen molar-refractivity contribution in [3.05, 3.63) is 54.9 Å². The fraction of sp³-hybridized carbons (Fsp3) is 0.154. The van der Waals surface area contributed by atoms with Crippen LogP contribution in [0.4, 0.5) is 8.78 Å². The largest absolute Gasteiger partial charge is 0.295 e. The Morgan fingerprint density at radius 3 is 2.78 bits per heavy atom. The van der Waals surface area contributed by atoms with E-state index >= 15 is 0 Å².